The van der Waals surface area contributed by atoms with Crippen molar-refractivity contribution in [3.63, 3.8) is 0 Å². The highest BCUT2D eigenvalue weighted by Gasteiger charge is 2.00. The van der Waals surface area contributed by atoms with Crippen molar-refractivity contribution in [1.29, 1.82) is 0 Å². The van der Waals surface area contributed by atoms with Crippen LogP contribution in [0.15, 0.2) is 47.4 Å². The van der Waals surface area contributed by atoms with Gasteiger partial charge in [-0.1, -0.05) is 6.07 Å². The molecule has 2 rings (SSSR count). The predicted octanol–water partition coefficient (Wildman–Crippen LogP) is 3.81. The molecule has 0 atom stereocenters. The molecule has 0 amide bonds. The number of benzene rings is 1. The maximum atomic E-state index is 5.14. The van der Waals surface area contributed by atoms with Crippen molar-refractivity contribution in [1.82, 2.24) is 4.98 Å². The number of thioether (sulfide) groups is 1. The summed E-state index contributed by atoms with van der Waals surface area (Å²) in [6.07, 6.45) is 0. The molecule has 1 aromatic heterocycles. The Hall–Kier alpha value is -1.68. The SMILES string of the molecule is CCNc1cccc(CSc2ccc(OC)cc2)n1. The normalized spacial score (nSPS) is 10.2. The van der Waals surface area contributed by atoms with Crippen LogP contribution in [0, 0.1) is 0 Å². The Morgan fingerprint density at radius 1 is 1.16 bits per heavy atom. The van der Waals surface area contributed by atoms with E-state index in [9.17, 15) is 0 Å². The molecule has 1 aromatic carbocycles. The fourth-order valence-corrected chi connectivity index (χ4v) is 2.47. The average molecular weight is 274 g/mol. The molecule has 1 N–H and O–H groups in total. The molecule has 0 bridgehead atoms. The van der Waals surface area contributed by atoms with Crippen LogP contribution < -0.4 is 10.1 Å². The first-order valence-corrected chi connectivity index (χ1v) is 7.27. The molecule has 0 saturated carbocycles. The molecular formula is C15H18N2OS. The highest BCUT2D eigenvalue weighted by atomic mass is 32.2. The van der Waals surface area contributed by atoms with E-state index in [1.165, 1.54) is 4.90 Å². The Labute approximate surface area is 118 Å². The van der Waals surface area contributed by atoms with Gasteiger partial charge in [-0.25, -0.2) is 4.98 Å². The minimum atomic E-state index is 0.867. The van der Waals surface area contributed by atoms with E-state index in [0.717, 1.165) is 29.6 Å². The summed E-state index contributed by atoms with van der Waals surface area (Å²) in [6.45, 7) is 2.96. The summed E-state index contributed by atoms with van der Waals surface area (Å²) in [5.41, 5.74) is 1.08. The van der Waals surface area contributed by atoms with Gasteiger partial charge in [0.2, 0.25) is 0 Å². The summed E-state index contributed by atoms with van der Waals surface area (Å²) in [5.74, 6) is 2.69. The third kappa shape index (κ3) is 4.17. The average Bonchev–Trinajstić information content (AvgIpc) is 2.46. The van der Waals surface area contributed by atoms with Crippen molar-refractivity contribution in [3.05, 3.63) is 48.2 Å². The molecule has 0 saturated heterocycles. The molecule has 0 fully saturated rings. The van der Waals surface area contributed by atoms with Crippen molar-refractivity contribution < 1.29 is 4.74 Å². The summed E-state index contributed by atoms with van der Waals surface area (Å²) < 4.78 is 5.14. The van der Waals surface area contributed by atoms with Gasteiger partial charge in [0.25, 0.3) is 0 Å². The zero-order valence-electron chi connectivity index (χ0n) is 11.2. The number of hydrogen-bond donors (Lipinski definition) is 1. The first-order chi connectivity index (χ1) is 9.31. The second kappa shape index (κ2) is 7.04. The topological polar surface area (TPSA) is 34.1 Å². The van der Waals surface area contributed by atoms with E-state index < -0.39 is 0 Å². The number of nitrogens with one attached hydrogen (secondary N) is 1. The van der Waals surface area contributed by atoms with Crippen molar-refractivity contribution in [2.75, 3.05) is 19.0 Å². The summed E-state index contributed by atoms with van der Waals surface area (Å²) in [6, 6.07) is 14.2. The van der Waals surface area contributed by atoms with Crippen molar-refractivity contribution >= 4 is 17.6 Å². The van der Waals surface area contributed by atoms with Crippen LogP contribution in [0.1, 0.15) is 12.6 Å². The number of ether oxygens (including phenoxy) is 1. The van der Waals surface area contributed by atoms with Gasteiger partial charge in [-0.05, 0) is 43.3 Å². The van der Waals surface area contributed by atoms with Gasteiger partial charge in [0, 0.05) is 17.2 Å². The van der Waals surface area contributed by atoms with Crippen molar-refractivity contribution in [3.8, 4) is 5.75 Å². The standard InChI is InChI=1S/C15H18N2OS/c1-3-16-15-6-4-5-12(17-15)11-19-14-9-7-13(18-2)8-10-14/h4-10H,3,11H2,1-2H3,(H,16,17). The largest absolute Gasteiger partial charge is 0.497 e. The van der Waals surface area contributed by atoms with Crippen LogP contribution in [0.3, 0.4) is 0 Å². The smallest absolute Gasteiger partial charge is 0.126 e. The number of pyridine rings is 1. The predicted molar refractivity (Wildman–Crippen MR) is 81.0 cm³/mol. The van der Waals surface area contributed by atoms with Gasteiger partial charge in [-0.3, -0.25) is 0 Å². The fraction of sp³-hybridized carbons (Fsp3) is 0.267. The van der Waals surface area contributed by atoms with Crippen LogP contribution in [0.2, 0.25) is 0 Å². The van der Waals surface area contributed by atoms with E-state index in [2.05, 4.69) is 35.4 Å². The lowest BCUT2D eigenvalue weighted by molar-refractivity contribution is 0.414. The zero-order chi connectivity index (χ0) is 13.5. The van der Waals surface area contributed by atoms with Gasteiger partial charge in [-0.2, -0.15) is 0 Å². The molecule has 0 spiro atoms. The Kier molecular flexibility index (Phi) is 5.10. The molecule has 0 unspecified atom stereocenters. The second-order valence-corrected chi connectivity index (χ2v) is 5.06. The van der Waals surface area contributed by atoms with Gasteiger partial charge in [0.1, 0.15) is 11.6 Å². The quantitative estimate of drug-likeness (QED) is 0.812. The molecular weight excluding hydrogens is 256 g/mol. The van der Waals surface area contributed by atoms with Crippen LogP contribution >= 0.6 is 11.8 Å². The molecule has 0 aliphatic rings. The summed E-state index contributed by atoms with van der Waals surface area (Å²) in [4.78, 5) is 5.77. The molecule has 100 valence electrons. The number of hydrogen-bond acceptors (Lipinski definition) is 4. The summed E-state index contributed by atoms with van der Waals surface area (Å²) >= 11 is 1.77. The monoisotopic (exact) mass is 274 g/mol. The molecule has 3 nitrogen and oxygen atoms in total. The maximum absolute atomic E-state index is 5.14. The highest BCUT2D eigenvalue weighted by Crippen LogP contribution is 2.24. The zero-order valence-corrected chi connectivity index (χ0v) is 12.0. The minimum absolute atomic E-state index is 0.867. The minimum Gasteiger partial charge on any atom is -0.497 e. The Balaban J connectivity index is 1.95. The van der Waals surface area contributed by atoms with Crippen LogP contribution in [0.5, 0.6) is 5.75 Å². The van der Waals surface area contributed by atoms with E-state index in [1.54, 1.807) is 18.9 Å². The Bertz CT molecular complexity index is 514. The molecule has 0 radical (unpaired) electrons. The number of aromatic nitrogens is 1. The molecule has 19 heavy (non-hydrogen) atoms. The van der Waals surface area contributed by atoms with E-state index in [0.29, 0.717) is 0 Å². The van der Waals surface area contributed by atoms with Gasteiger partial charge in [0.15, 0.2) is 0 Å². The molecule has 4 heteroatoms. The van der Waals surface area contributed by atoms with E-state index >= 15 is 0 Å². The van der Waals surface area contributed by atoms with Crippen LogP contribution in [-0.2, 0) is 5.75 Å². The number of anilines is 1. The lowest BCUT2D eigenvalue weighted by Crippen LogP contribution is -2.00. The number of nitrogens with zero attached hydrogens (tertiary/aromatic N) is 1. The number of rotatable bonds is 6. The van der Waals surface area contributed by atoms with Crippen LogP contribution in [0.25, 0.3) is 0 Å². The van der Waals surface area contributed by atoms with Crippen molar-refractivity contribution in [2.45, 2.75) is 17.6 Å². The van der Waals surface area contributed by atoms with Gasteiger partial charge >= 0.3 is 0 Å². The van der Waals surface area contributed by atoms with E-state index in [1.807, 2.05) is 24.3 Å². The third-order valence-electron chi connectivity index (χ3n) is 2.61. The first-order valence-electron chi connectivity index (χ1n) is 6.28. The van der Waals surface area contributed by atoms with Crippen molar-refractivity contribution in [2.24, 2.45) is 0 Å². The fourth-order valence-electron chi connectivity index (χ4n) is 1.67. The van der Waals surface area contributed by atoms with E-state index in [4.69, 9.17) is 4.74 Å². The van der Waals surface area contributed by atoms with E-state index in [-0.39, 0.29) is 0 Å². The molecule has 1 heterocycles. The molecule has 0 aliphatic heterocycles. The van der Waals surface area contributed by atoms with Gasteiger partial charge < -0.3 is 10.1 Å². The van der Waals surface area contributed by atoms with Gasteiger partial charge in [-0.15, -0.1) is 11.8 Å². The second-order valence-electron chi connectivity index (χ2n) is 4.01. The molecule has 2 aromatic rings. The Morgan fingerprint density at radius 2 is 1.95 bits per heavy atom. The lowest BCUT2D eigenvalue weighted by atomic mass is 10.3. The Morgan fingerprint density at radius 3 is 2.63 bits per heavy atom. The third-order valence-corrected chi connectivity index (χ3v) is 3.66. The highest BCUT2D eigenvalue weighted by molar-refractivity contribution is 7.98. The lowest BCUT2D eigenvalue weighted by Gasteiger charge is -2.06. The number of methoxy groups -OCH3 is 1. The maximum Gasteiger partial charge on any atom is 0.126 e. The first kappa shape index (κ1) is 13.7. The van der Waals surface area contributed by atoms with Crippen LogP contribution in [0.4, 0.5) is 5.82 Å². The van der Waals surface area contributed by atoms with Crippen LogP contribution in [-0.4, -0.2) is 18.6 Å². The van der Waals surface area contributed by atoms with Gasteiger partial charge in [0.05, 0.1) is 12.8 Å². The summed E-state index contributed by atoms with van der Waals surface area (Å²) in [5, 5.41) is 3.22. The summed E-state index contributed by atoms with van der Waals surface area (Å²) in [7, 11) is 1.68. The molecule has 0 aliphatic carbocycles.